The minimum absolute atomic E-state index is 0.110. The van der Waals surface area contributed by atoms with Crippen LogP contribution in [-0.2, 0) is 9.53 Å². The second kappa shape index (κ2) is 7.54. The molecule has 0 aliphatic carbocycles. The molecular weight excluding hydrogens is 340 g/mol. The molecular formula is C14H21BrN2O2S. The van der Waals surface area contributed by atoms with Gasteiger partial charge in [-0.1, -0.05) is 0 Å². The molecule has 1 saturated heterocycles. The molecule has 0 amide bonds. The molecule has 6 heteroatoms. The molecule has 0 radical (unpaired) electrons. The lowest BCUT2D eigenvalue weighted by atomic mass is 10.1. The summed E-state index contributed by atoms with van der Waals surface area (Å²) in [4.78, 5) is 17.8. The van der Waals surface area contributed by atoms with E-state index in [0.717, 1.165) is 30.0 Å². The summed E-state index contributed by atoms with van der Waals surface area (Å²) in [5, 5.41) is 0. The van der Waals surface area contributed by atoms with Crippen molar-refractivity contribution in [2.45, 2.75) is 19.4 Å². The monoisotopic (exact) mass is 360 g/mol. The maximum absolute atomic E-state index is 11.9. The maximum Gasteiger partial charge on any atom is 0.307 e. The fourth-order valence-corrected chi connectivity index (χ4v) is 3.99. The lowest BCUT2D eigenvalue weighted by Gasteiger charge is -2.37. The molecule has 0 saturated carbocycles. The molecule has 0 N–H and O–H groups in total. The van der Waals surface area contributed by atoms with Crippen LogP contribution in [0.2, 0.25) is 0 Å². The van der Waals surface area contributed by atoms with Crippen molar-refractivity contribution in [2.75, 3.05) is 39.8 Å². The average molecular weight is 361 g/mol. The third-order valence-electron chi connectivity index (χ3n) is 3.57. The average Bonchev–Trinajstić information content (AvgIpc) is 2.84. The number of carbonyl (C=O) groups excluding carboxylic acids is 1. The number of halogens is 1. The van der Waals surface area contributed by atoms with E-state index in [2.05, 4.69) is 38.8 Å². The Morgan fingerprint density at radius 1 is 1.40 bits per heavy atom. The van der Waals surface area contributed by atoms with Crippen LogP contribution in [0.5, 0.6) is 0 Å². The van der Waals surface area contributed by atoms with Crippen LogP contribution in [0.25, 0.3) is 0 Å². The highest BCUT2D eigenvalue weighted by atomic mass is 79.9. The van der Waals surface area contributed by atoms with E-state index < -0.39 is 0 Å². The standard InChI is InChI=1S/C14H21BrN2O2S/c1-3-19-14(18)10-11(12-4-5-13(15)20-12)17-8-6-16(2)7-9-17/h4-5,11H,3,6-10H2,1-2H3. The topological polar surface area (TPSA) is 32.8 Å². The van der Waals surface area contributed by atoms with Gasteiger partial charge in [-0.2, -0.15) is 0 Å². The fourth-order valence-electron chi connectivity index (χ4n) is 2.43. The number of carbonyl (C=O) groups is 1. The molecule has 1 unspecified atom stereocenters. The van der Waals surface area contributed by atoms with Crippen molar-refractivity contribution in [3.8, 4) is 0 Å². The quantitative estimate of drug-likeness (QED) is 0.755. The summed E-state index contributed by atoms with van der Waals surface area (Å²) in [7, 11) is 2.14. The molecule has 2 rings (SSSR count). The zero-order chi connectivity index (χ0) is 14.5. The van der Waals surface area contributed by atoms with Crippen LogP contribution >= 0.6 is 27.3 Å². The highest BCUT2D eigenvalue weighted by molar-refractivity contribution is 9.11. The minimum Gasteiger partial charge on any atom is -0.466 e. The van der Waals surface area contributed by atoms with Crippen LogP contribution < -0.4 is 0 Å². The predicted molar refractivity (Wildman–Crippen MR) is 85.1 cm³/mol. The highest BCUT2D eigenvalue weighted by Gasteiger charge is 2.27. The first-order valence-corrected chi connectivity index (χ1v) is 8.54. The van der Waals surface area contributed by atoms with Crippen LogP contribution in [0.3, 0.4) is 0 Å². The second-order valence-electron chi connectivity index (χ2n) is 5.01. The SMILES string of the molecule is CCOC(=O)CC(c1ccc(Br)s1)N1CCN(C)CC1. The Bertz CT molecular complexity index is 444. The molecule has 112 valence electrons. The third-order valence-corrected chi connectivity index (χ3v) is 5.29. The summed E-state index contributed by atoms with van der Waals surface area (Å²) in [5.41, 5.74) is 0. The van der Waals surface area contributed by atoms with Crippen molar-refractivity contribution in [1.82, 2.24) is 9.80 Å². The number of ether oxygens (including phenoxy) is 1. The summed E-state index contributed by atoms with van der Waals surface area (Å²) in [5.74, 6) is -0.110. The van der Waals surface area contributed by atoms with E-state index in [-0.39, 0.29) is 12.0 Å². The van der Waals surface area contributed by atoms with E-state index in [9.17, 15) is 4.79 Å². The normalized spacial score (nSPS) is 18.9. The van der Waals surface area contributed by atoms with Crippen LogP contribution in [0.4, 0.5) is 0 Å². The molecule has 0 spiro atoms. The number of thiophene rings is 1. The highest BCUT2D eigenvalue weighted by Crippen LogP contribution is 2.33. The zero-order valence-corrected chi connectivity index (χ0v) is 14.4. The summed E-state index contributed by atoms with van der Waals surface area (Å²) in [6.45, 7) is 6.39. The summed E-state index contributed by atoms with van der Waals surface area (Å²) >= 11 is 5.21. The van der Waals surface area contributed by atoms with Gasteiger partial charge >= 0.3 is 5.97 Å². The Hall–Kier alpha value is -0.430. The van der Waals surface area contributed by atoms with Crippen molar-refractivity contribution in [2.24, 2.45) is 0 Å². The van der Waals surface area contributed by atoms with Crippen LogP contribution in [0, 0.1) is 0 Å². The number of nitrogens with zero attached hydrogens (tertiary/aromatic N) is 2. The van der Waals surface area contributed by atoms with E-state index in [4.69, 9.17) is 4.74 Å². The molecule has 1 fully saturated rings. The van der Waals surface area contributed by atoms with Crippen molar-refractivity contribution >= 4 is 33.2 Å². The van der Waals surface area contributed by atoms with E-state index >= 15 is 0 Å². The second-order valence-corrected chi connectivity index (χ2v) is 7.50. The van der Waals surface area contributed by atoms with Gasteiger partial charge in [-0.3, -0.25) is 9.69 Å². The Morgan fingerprint density at radius 2 is 2.10 bits per heavy atom. The van der Waals surface area contributed by atoms with Gasteiger partial charge in [0.05, 0.1) is 22.9 Å². The van der Waals surface area contributed by atoms with Crippen LogP contribution in [0.1, 0.15) is 24.3 Å². The molecule has 20 heavy (non-hydrogen) atoms. The van der Waals surface area contributed by atoms with Crippen molar-refractivity contribution in [3.63, 3.8) is 0 Å². The van der Waals surface area contributed by atoms with Gasteiger partial charge in [-0.15, -0.1) is 11.3 Å². The molecule has 1 atom stereocenters. The number of hydrogen-bond acceptors (Lipinski definition) is 5. The number of likely N-dealkylation sites (N-methyl/N-ethyl adjacent to an activating group) is 1. The smallest absolute Gasteiger partial charge is 0.307 e. The molecule has 4 nitrogen and oxygen atoms in total. The van der Waals surface area contributed by atoms with Crippen molar-refractivity contribution < 1.29 is 9.53 Å². The van der Waals surface area contributed by atoms with Gasteiger partial charge in [0.2, 0.25) is 0 Å². The maximum atomic E-state index is 11.9. The van der Waals surface area contributed by atoms with E-state index in [1.165, 1.54) is 4.88 Å². The first-order valence-electron chi connectivity index (χ1n) is 6.93. The molecule has 1 aromatic heterocycles. The third kappa shape index (κ3) is 4.28. The fraction of sp³-hybridized carbons (Fsp3) is 0.643. The Kier molecular flexibility index (Phi) is 6.01. The minimum atomic E-state index is -0.110. The van der Waals surface area contributed by atoms with Gasteiger partial charge in [-0.05, 0) is 42.0 Å². The predicted octanol–water partition coefficient (Wildman–Crippen LogP) is 2.75. The van der Waals surface area contributed by atoms with Gasteiger partial charge < -0.3 is 9.64 Å². The molecule has 0 aromatic carbocycles. The number of rotatable bonds is 5. The van der Waals surface area contributed by atoms with Gasteiger partial charge in [0.15, 0.2) is 0 Å². The first kappa shape index (κ1) is 15.9. The van der Waals surface area contributed by atoms with Gasteiger partial charge in [0.25, 0.3) is 0 Å². The van der Waals surface area contributed by atoms with Gasteiger partial charge in [0.1, 0.15) is 0 Å². The Balaban J connectivity index is 2.09. The largest absolute Gasteiger partial charge is 0.466 e. The molecule has 1 aliphatic heterocycles. The lowest BCUT2D eigenvalue weighted by molar-refractivity contribution is -0.144. The number of piperazine rings is 1. The summed E-state index contributed by atoms with van der Waals surface area (Å²) < 4.78 is 6.24. The molecule has 1 aromatic rings. The summed E-state index contributed by atoms with van der Waals surface area (Å²) in [6.07, 6.45) is 0.435. The van der Waals surface area contributed by atoms with Crippen LogP contribution in [-0.4, -0.2) is 55.6 Å². The zero-order valence-electron chi connectivity index (χ0n) is 12.0. The lowest BCUT2D eigenvalue weighted by Crippen LogP contribution is -2.46. The van der Waals surface area contributed by atoms with E-state index in [1.54, 1.807) is 11.3 Å². The Labute approximate surface area is 132 Å². The molecule has 0 bridgehead atoms. The summed E-state index contributed by atoms with van der Waals surface area (Å²) in [6, 6.07) is 4.30. The van der Waals surface area contributed by atoms with Crippen molar-refractivity contribution in [3.05, 3.63) is 20.8 Å². The van der Waals surface area contributed by atoms with E-state index in [0.29, 0.717) is 13.0 Å². The van der Waals surface area contributed by atoms with Crippen LogP contribution in [0.15, 0.2) is 15.9 Å². The first-order chi connectivity index (χ1) is 9.60. The molecule has 1 aliphatic rings. The van der Waals surface area contributed by atoms with E-state index in [1.807, 2.05) is 13.0 Å². The Morgan fingerprint density at radius 3 is 2.65 bits per heavy atom. The number of esters is 1. The van der Waals surface area contributed by atoms with Gasteiger partial charge in [0, 0.05) is 31.1 Å². The number of hydrogen-bond donors (Lipinski definition) is 0. The van der Waals surface area contributed by atoms with Crippen molar-refractivity contribution in [1.29, 1.82) is 0 Å². The molecule has 2 heterocycles. The van der Waals surface area contributed by atoms with Gasteiger partial charge in [-0.25, -0.2) is 0 Å².